The van der Waals surface area contributed by atoms with Gasteiger partial charge in [0.2, 0.25) is 0 Å². The first-order chi connectivity index (χ1) is 21.5. The van der Waals surface area contributed by atoms with Gasteiger partial charge in [0.05, 0.1) is 35.6 Å². The Morgan fingerprint density at radius 3 is 2.53 bits per heavy atom. The van der Waals surface area contributed by atoms with Gasteiger partial charge >= 0.3 is 12.2 Å². The van der Waals surface area contributed by atoms with Crippen molar-refractivity contribution < 1.29 is 31.4 Å². The Kier molecular flexibility index (Phi) is 6.43. The van der Waals surface area contributed by atoms with Gasteiger partial charge in [0.1, 0.15) is 28.2 Å². The third-order valence-corrected chi connectivity index (χ3v) is 10.6. The van der Waals surface area contributed by atoms with Crippen LogP contribution in [0.2, 0.25) is 0 Å². The topological polar surface area (TPSA) is 109 Å². The van der Waals surface area contributed by atoms with Crippen molar-refractivity contribution in [3.63, 3.8) is 0 Å². The molecule has 2 atom stereocenters. The van der Waals surface area contributed by atoms with Crippen LogP contribution in [-0.2, 0) is 10.9 Å². The summed E-state index contributed by atoms with van der Waals surface area (Å²) in [7, 11) is 0. The number of nitrogen functional groups attached to an aromatic ring is 1. The van der Waals surface area contributed by atoms with Gasteiger partial charge in [-0.1, -0.05) is 6.07 Å². The molecule has 1 spiro atoms. The average Bonchev–Trinajstić information content (AvgIpc) is 3.48. The Balaban J connectivity index is 1.32. The zero-order valence-corrected chi connectivity index (χ0v) is 24.6. The zero-order chi connectivity index (χ0) is 31.2. The van der Waals surface area contributed by atoms with Gasteiger partial charge in [-0.2, -0.15) is 28.4 Å². The van der Waals surface area contributed by atoms with Crippen molar-refractivity contribution in [3.05, 3.63) is 41.0 Å². The third kappa shape index (κ3) is 4.58. The first-order valence-electron chi connectivity index (χ1n) is 14.8. The minimum atomic E-state index is -5.01. The molecule has 2 aromatic carbocycles. The first-order valence-corrected chi connectivity index (χ1v) is 15.6. The molecule has 234 valence electrons. The normalized spacial score (nSPS) is 22.5. The van der Waals surface area contributed by atoms with Crippen molar-refractivity contribution in [2.24, 2.45) is 11.3 Å². The monoisotopic (exact) mass is 642 g/mol. The van der Waals surface area contributed by atoms with Crippen LogP contribution in [0.4, 0.5) is 32.8 Å². The van der Waals surface area contributed by atoms with Gasteiger partial charge in [0, 0.05) is 46.9 Å². The van der Waals surface area contributed by atoms with Crippen LogP contribution >= 0.6 is 11.3 Å². The van der Waals surface area contributed by atoms with E-state index in [2.05, 4.69) is 15.3 Å². The highest BCUT2D eigenvalue weighted by molar-refractivity contribution is 7.23. The zero-order valence-electron chi connectivity index (χ0n) is 23.8. The van der Waals surface area contributed by atoms with E-state index in [9.17, 15) is 22.8 Å². The molecule has 45 heavy (non-hydrogen) atoms. The van der Waals surface area contributed by atoms with Crippen LogP contribution in [-0.4, -0.2) is 55.0 Å². The second-order valence-corrected chi connectivity index (χ2v) is 13.8. The quantitative estimate of drug-likeness (QED) is 0.255. The molecule has 2 aromatic heterocycles. The predicted octanol–water partition coefficient (Wildman–Crippen LogP) is 6.01. The van der Waals surface area contributed by atoms with E-state index >= 15 is 4.39 Å². The number of alkyl halides is 3. The number of aromatic nitrogens is 2. The molecular formula is C31H27F5N6O2S. The Hall–Kier alpha value is -3.80. The summed E-state index contributed by atoms with van der Waals surface area (Å²) in [6.45, 7) is 2.70. The highest BCUT2D eigenvalue weighted by Crippen LogP contribution is 2.51. The number of nitrogens with one attached hydrogen (secondary N) is 1. The molecule has 3 aliphatic heterocycles. The largest absolute Gasteiger partial charge is 0.463 e. The molecule has 0 radical (unpaired) electrons. The van der Waals surface area contributed by atoms with E-state index < -0.39 is 28.9 Å². The number of rotatable bonds is 5. The lowest BCUT2D eigenvalue weighted by Gasteiger charge is -2.53. The fourth-order valence-electron chi connectivity index (χ4n) is 7.56. The van der Waals surface area contributed by atoms with Crippen molar-refractivity contribution in [2.45, 2.75) is 43.9 Å². The Labute approximate surface area is 257 Å². The number of fused-ring (bicyclic) bond motifs is 4. The molecule has 1 saturated carbocycles. The summed E-state index contributed by atoms with van der Waals surface area (Å²) in [5, 5.41) is 12.9. The highest BCUT2D eigenvalue weighted by atomic mass is 32.1. The lowest BCUT2D eigenvalue weighted by atomic mass is 9.61. The number of ether oxygens (including phenoxy) is 2. The van der Waals surface area contributed by atoms with Crippen molar-refractivity contribution in [1.82, 2.24) is 15.3 Å². The first kappa shape index (κ1) is 28.7. The molecule has 5 heterocycles. The van der Waals surface area contributed by atoms with Crippen molar-refractivity contribution in [3.8, 4) is 23.2 Å². The van der Waals surface area contributed by atoms with E-state index in [-0.39, 0.29) is 79.0 Å². The molecule has 2 unspecified atom stereocenters. The Morgan fingerprint density at radius 1 is 1.16 bits per heavy atom. The summed E-state index contributed by atoms with van der Waals surface area (Å²) in [6.07, 6.45) is -1.34. The van der Waals surface area contributed by atoms with Crippen molar-refractivity contribution in [2.75, 3.05) is 43.5 Å². The summed E-state index contributed by atoms with van der Waals surface area (Å²) in [4.78, 5) is 10.8. The lowest BCUT2D eigenvalue weighted by Crippen LogP contribution is -2.53. The maximum atomic E-state index is 16.8. The summed E-state index contributed by atoms with van der Waals surface area (Å²) in [6, 6.07) is 4.84. The van der Waals surface area contributed by atoms with Gasteiger partial charge in [-0.15, -0.1) is 11.3 Å². The molecule has 8 rings (SSSR count). The van der Waals surface area contributed by atoms with E-state index in [4.69, 9.17) is 15.2 Å². The lowest BCUT2D eigenvalue weighted by molar-refractivity contribution is -0.183. The van der Waals surface area contributed by atoms with Crippen LogP contribution in [0.3, 0.4) is 0 Å². The number of benzene rings is 2. The van der Waals surface area contributed by atoms with Gasteiger partial charge in [-0.25, -0.2) is 8.78 Å². The number of nitrogens with two attached hydrogens (primary N) is 1. The average molecular weight is 643 g/mol. The highest BCUT2D eigenvalue weighted by Gasteiger charge is 2.50. The number of halogens is 5. The van der Waals surface area contributed by atoms with E-state index in [0.29, 0.717) is 13.1 Å². The van der Waals surface area contributed by atoms with Crippen molar-refractivity contribution in [1.29, 1.82) is 5.26 Å². The molecule has 4 fully saturated rings. The number of hydrogen-bond donors (Lipinski definition) is 2. The number of hydrogen-bond acceptors (Lipinski definition) is 9. The van der Waals surface area contributed by atoms with Crippen LogP contribution in [0.1, 0.15) is 36.8 Å². The molecule has 3 saturated heterocycles. The van der Waals surface area contributed by atoms with E-state index in [1.54, 1.807) is 0 Å². The van der Waals surface area contributed by atoms with Gasteiger partial charge in [-0.05, 0) is 49.3 Å². The summed E-state index contributed by atoms with van der Waals surface area (Å²) in [5.41, 5.74) is 3.17. The third-order valence-electron chi connectivity index (χ3n) is 9.62. The number of anilines is 2. The summed E-state index contributed by atoms with van der Waals surface area (Å²) < 4.78 is 87.3. The summed E-state index contributed by atoms with van der Waals surface area (Å²) in [5.74, 6) is -1.63. The van der Waals surface area contributed by atoms with Gasteiger partial charge < -0.3 is 25.4 Å². The van der Waals surface area contributed by atoms with Crippen LogP contribution in [0.15, 0.2) is 18.2 Å². The van der Waals surface area contributed by atoms with Crippen LogP contribution in [0, 0.1) is 34.3 Å². The number of nitrogens with zero attached hydrogens (tertiary/aromatic N) is 4. The molecule has 2 bridgehead atoms. The second kappa shape index (κ2) is 10.1. The molecule has 4 aromatic rings. The van der Waals surface area contributed by atoms with Gasteiger partial charge in [0.25, 0.3) is 0 Å². The molecule has 1 aliphatic carbocycles. The van der Waals surface area contributed by atoms with Crippen molar-refractivity contribution >= 4 is 43.1 Å². The molecule has 3 N–H and O–H groups in total. The number of piperazine rings is 1. The van der Waals surface area contributed by atoms with Crippen LogP contribution in [0.5, 0.6) is 6.01 Å². The minimum Gasteiger partial charge on any atom is -0.463 e. The number of nitriles is 1. The second-order valence-electron chi connectivity index (χ2n) is 12.7. The molecule has 14 heteroatoms. The minimum absolute atomic E-state index is 0.0755. The van der Waals surface area contributed by atoms with Gasteiger partial charge in [0.15, 0.2) is 5.82 Å². The van der Waals surface area contributed by atoms with Crippen LogP contribution < -0.4 is 20.7 Å². The molecule has 4 aliphatic rings. The maximum absolute atomic E-state index is 16.8. The predicted molar refractivity (Wildman–Crippen MR) is 158 cm³/mol. The summed E-state index contributed by atoms with van der Waals surface area (Å²) >= 11 is 0.725. The smallest absolute Gasteiger partial charge is 0.417 e. The van der Waals surface area contributed by atoms with Crippen LogP contribution in [0.25, 0.3) is 32.1 Å². The van der Waals surface area contributed by atoms with E-state index in [1.165, 1.54) is 0 Å². The molecular weight excluding hydrogens is 615 g/mol. The van der Waals surface area contributed by atoms with E-state index in [1.807, 2.05) is 11.0 Å². The Bertz CT molecular complexity index is 1900. The Morgan fingerprint density at radius 2 is 1.89 bits per heavy atom. The standard InChI is InChI=1S/C31H27F5N6O2S/c32-21-4-3-17(22-19(8-37)27(38)45-26(21)22)23-20(31(34,35)36)5-18-25(24(23)33)40-29(44-11-14-6-30(7-14)12-43-13-30)41-28(18)42-9-15-1-2-16(10-42)39-15/h3-5,14-16,39H,1-2,6-7,9-13,38H2. The van der Waals surface area contributed by atoms with Gasteiger partial charge in [-0.3, -0.25) is 0 Å². The number of thiophene rings is 1. The van der Waals surface area contributed by atoms with E-state index in [0.717, 1.165) is 68.4 Å². The SMILES string of the molecule is N#Cc1c(N)sc2c(F)ccc(-c3c(C(F)(F)F)cc4c(N5CC6CCC(C5)N6)nc(OCC5CC6(COC6)C5)nc4c3F)c12. The molecule has 0 amide bonds. The maximum Gasteiger partial charge on any atom is 0.417 e. The fourth-order valence-corrected chi connectivity index (χ4v) is 8.51. The molecule has 8 nitrogen and oxygen atoms in total. The fraction of sp³-hybridized carbons (Fsp3) is 0.452.